The molecule has 0 amide bonds. The number of rotatable bonds is 5. The van der Waals surface area contributed by atoms with Gasteiger partial charge < -0.3 is 14.3 Å². The van der Waals surface area contributed by atoms with Gasteiger partial charge in [-0.15, -0.1) is 0 Å². The summed E-state index contributed by atoms with van der Waals surface area (Å²) in [4.78, 5) is 2.36. The number of hydrogen-bond acceptors (Lipinski definition) is 4. The second-order valence-electron chi connectivity index (χ2n) is 4.37. The first-order valence-electron chi connectivity index (χ1n) is 5.71. The molecule has 1 aliphatic rings. The number of nitrogens with zero attached hydrogens (tertiary/aromatic N) is 1. The SMILES string of the molecule is COCC1CCN(Cc2ccc(CO)o2)C1. The lowest BCUT2D eigenvalue weighted by Gasteiger charge is -2.13. The van der Waals surface area contributed by atoms with E-state index < -0.39 is 0 Å². The van der Waals surface area contributed by atoms with Crippen molar-refractivity contribution in [3.63, 3.8) is 0 Å². The van der Waals surface area contributed by atoms with Crippen LogP contribution in [0.3, 0.4) is 0 Å². The highest BCUT2D eigenvalue weighted by Gasteiger charge is 2.22. The zero-order chi connectivity index (χ0) is 11.4. The van der Waals surface area contributed by atoms with E-state index >= 15 is 0 Å². The van der Waals surface area contributed by atoms with Crippen LogP contribution in [0, 0.1) is 5.92 Å². The largest absolute Gasteiger partial charge is 0.462 e. The van der Waals surface area contributed by atoms with Crippen molar-refractivity contribution < 1.29 is 14.3 Å². The maximum absolute atomic E-state index is 8.90. The molecule has 0 radical (unpaired) electrons. The minimum Gasteiger partial charge on any atom is -0.462 e. The zero-order valence-corrected chi connectivity index (χ0v) is 9.69. The molecule has 0 aromatic carbocycles. The van der Waals surface area contributed by atoms with Gasteiger partial charge in [-0.05, 0) is 31.0 Å². The van der Waals surface area contributed by atoms with Crippen LogP contribution in [0.1, 0.15) is 17.9 Å². The average molecular weight is 225 g/mol. The maximum Gasteiger partial charge on any atom is 0.129 e. The Morgan fingerprint density at radius 1 is 1.50 bits per heavy atom. The lowest BCUT2D eigenvalue weighted by atomic mass is 10.1. The average Bonchev–Trinajstić information content (AvgIpc) is 2.89. The fourth-order valence-electron chi connectivity index (χ4n) is 2.24. The Bertz CT molecular complexity index is 324. The highest BCUT2D eigenvalue weighted by atomic mass is 16.5. The number of hydrogen-bond donors (Lipinski definition) is 1. The van der Waals surface area contributed by atoms with Gasteiger partial charge in [0.25, 0.3) is 0 Å². The first-order valence-corrected chi connectivity index (χ1v) is 5.71. The molecule has 0 spiro atoms. The van der Waals surface area contributed by atoms with E-state index in [9.17, 15) is 0 Å². The van der Waals surface area contributed by atoms with E-state index in [0.717, 1.165) is 32.0 Å². The van der Waals surface area contributed by atoms with Crippen molar-refractivity contribution in [2.24, 2.45) is 5.92 Å². The Morgan fingerprint density at radius 3 is 3.00 bits per heavy atom. The maximum atomic E-state index is 8.90. The fourth-order valence-corrected chi connectivity index (χ4v) is 2.24. The van der Waals surface area contributed by atoms with E-state index in [4.69, 9.17) is 14.3 Å². The summed E-state index contributed by atoms with van der Waals surface area (Å²) in [5.41, 5.74) is 0. The van der Waals surface area contributed by atoms with Crippen LogP contribution in [0.5, 0.6) is 0 Å². The molecule has 4 heteroatoms. The van der Waals surface area contributed by atoms with E-state index in [0.29, 0.717) is 11.7 Å². The Labute approximate surface area is 95.8 Å². The van der Waals surface area contributed by atoms with Crippen LogP contribution in [0.2, 0.25) is 0 Å². The summed E-state index contributed by atoms with van der Waals surface area (Å²) in [7, 11) is 1.75. The van der Waals surface area contributed by atoms with Gasteiger partial charge in [0.05, 0.1) is 13.2 Å². The van der Waals surface area contributed by atoms with E-state index in [1.54, 1.807) is 7.11 Å². The van der Waals surface area contributed by atoms with Crippen LogP contribution in [0.4, 0.5) is 0 Å². The molecule has 0 saturated carbocycles. The second kappa shape index (κ2) is 5.48. The highest BCUT2D eigenvalue weighted by Crippen LogP contribution is 2.19. The fraction of sp³-hybridized carbons (Fsp3) is 0.667. The Hall–Kier alpha value is -0.840. The summed E-state index contributed by atoms with van der Waals surface area (Å²) in [5, 5.41) is 8.90. The Morgan fingerprint density at radius 2 is 2.31 bits per heavy atom. The van der Waals surface area contributed by atoms with Crippen molar-refractivity contribution in [1.82, 2.24) is 4.90 Å². The van der Waals surface area contributed by atoms with E-state index in [2.05, 4.69) is 4.90 Å². The summed E-state index contributed by atoms with van der Waals surface area (Å²) in [6.45, 7) is 3.83. The molecule has 2 heterocycles. The van der Waals surface area contributed by atoms with Crippen molar-refractivity contribution in [3.05, 3.63) is 23.7 Å². The number of ether oxygens (including phenoxy) is 1. The number of aliphatic hydroxyl groups excluding tert-OH is 1. The van der Waals surface area contributed by atoms with Crippen LogP contribution in [0.15, 0.2) is 16.5 Å². The number of aliphatic hydroxyl groups is 1. The molecule has 1 aromatic rings. The smallest absolute Gasteiger partial charge is 0.129 e. The minimum atomic E-state index is -0.0215. The molecule has 1 fully saturated rings. The highest BCUT2D eigenvalue weighted by molar-refractivity contribution is 5.06. The number of methoxy groups -OCH3 is 1. The Kier molecular flexibility index (Phi) is 3.98. The molecule has 1 aromatic heterocycles. The number of likely N-dealkylation sites (tertiary alicyclic amines) is 1. The van der Waals surface area contributed by atoms with Crippen molar-refractivity contribution >= 4 is 0 Å². The molecule has 2 rings (SSSR count). The first-order chi connectivity index (χ1) is 7.81. The van der Waals surface area contributed by atoms with E-state index in [1.807, 2.05) is 12.1 Å². The van der Waals surface area contributed by atoms with Crippen LogP contribution in [-0.4, -0.2) is 36.8 Å². The topological polar surface area (TPSA) is 45.8 Å². The van der Waals surface area contributed by atoms with Gasteiger partial charge in [0.15, 0.2) is 0 Å². The summed E-state index contributed by atoms with van der Waals surface area (Å²) >= 11 is 0. The van der Waals surface area contributed by atoms with Gasteiger partial charge in [-0.2, -0.15) is 0 Å². The molecule has 1 saturated heterocycles. The van der Waals surface area contributed by atoms with E-state index in [1.165, 1.54) is 6.42 Å². The molecule has 1 unspecified atom stereocenters. The summed E-state index contributed by atoms with van der Waals surface area (Å²) in [6, 6.07) is 3.77. The molecule has 0 aliphatic carbocycles. The van der Waals surface area contributed by atoms with Crippen LogP contribution >= 0.6 is 0 Å². The van der Waals surface area contributed by atoms with Crippen LogP contribution in [0.25, 0.3) is 0 Å². The van der Waals surface area contributed by atoms with Crippen molar-refractivity contribution in [3.8, 4) is 0 Å². The predicted molar refractivity (Wildman–Crippen MR) is 59.9 cm³/mol. The first kappa shape index (κ1) is 11.6. The van der Waals surface area contributed by atoms with Crippen LogP contribution < -0.4 is 0 Å². The van der Waals surface area contributed by atoms with Crippen LogP contribution in [-0.2, 0) is 17.9 Å². The third-order valence-corrected chi connectivity index (χ3v) is 3.02. The molecule has 0 bridgehead atoms. The zero-order valence-electron chi connectivity index (χ0n) is 9.69. The van der Waals surface area contributed by atoms with E-state index in [-0.39, 0.29) is 6.61 Å². The van der Waals surface area contributed by atoms with Gasteiger partial charge in [-0.1, -0.05) is 0 Å². The van der Waals surface area contributed by atoms with Gasteiger partial charge in [0.2, 0.25) is 0 Å². The molecule has 16 heavy (non-hydrogen) atoms. The van der Waals surface area contributed by atoms with Gasteiger partial charge in [0.1, 0.15) is 18.1 Å². The predicted octanol–water partition coefficient (Wildman–Crippen LogP) is 1.24. The van der Waals surface area contributed by atoms with Crippen molar-refractivity contribution in [2.45, 2.75) is 19.6 Å². The molecule has 4 nitrogen and oxygen atoms in total. The third kappa shape index (κ3) is 2.84. The standard InChI is InChI=1S/C12H19NO3/c1-15-9-10-4-5-13(6-10)7-11-2-3-12(8-14)16-11/h2-3,10,14H,4-9H2,1H3. The number of furan rings is 1. The molecule has 1 atom stereocenters. The molecule has 1 aliphatic heterocycles. The minimum absolute atomic E-state index is 0.0215. The third-order valence-electron chi connectivity index (χ3n) is 3.02. The van der Waals surface area contributed by atoms with Crippen molar-refractivity contribution in [2.75, 3.05) is 26.8 Å². The van der Waals surface area contributed by atoms with Gasteiger partial charge in [-0.3, -0.25) is 4.90 Å². The lowest BCUT2D eigenvalue weighted by molar-refractivity contribution is 0.151. The van der Waals surface area contributed by atoms with Gasteiger partial charge in [0, 0.05) is 13.7 Å². The molecular weight excluding hydrogens is 206 g/mol. The summed E-state index contributed by atoms with van der Waals surface area (Å²) in [5.74, 6) is 2.22. The molecule has 1 N–H and O–H groups in total. The summed E-state index contributed by atoms with van der Waals surface area (Å²) in [6.07, 6.45) is 1.20. The van der Waals surface area contributed by atoms with Gasteiger partial charge >= 0.3 is 0 Å². The summed E-state index contributed by atoms with van der Waals surface area (Å²) < 4.78 is 10.6. The molecule has 90 valence electrons. The Balaban J connectivity index is 1.82. The lowest BCUT2D eigenvalue weighted by Crippen LogP contribution is -2.21. The van der Waals surface area contributed by atoms with Gasteiger partial charge in [-0.25, -0.2) is 0 Å². The quantitative estimate of drug-likeness (QED) is 0.819. The monoisotopic (exact) mass is 225 g/mol. The molecular formula is C12H19NO3. The van der Waals surface area contributed by atoms with Crippen molar-refractivity contribution in [1.29, 1.82) is 0 Å². The normalized spacial score (nSPS) is 21.8. The second-order valence-corrected chi connectivity index (χ2v) is 4.37.